The van der Waals surface area contributed by atoms with Gasteiger partial charge in [0.2, 0.25) is 0 Å². The highest BCUT2D eigenvalue weighted by atomic mass is 127. The average molecular weight is 417 g/mol. The first-order valence-corrected chi connectivity index (χ1v) is 7.93. The van der Waals surface area contributed by atoms with Crippen LogP contribution in [0.25, 0.3) is 0 Å². The van der Waals surface area contributed by atoms with Crippen LogP contribution in [0.1, 0.15) is 31.9 Å². The fourth-order valence-electron chi connectivity index (χ4n) is 2.71. The molecular formula is C16H28IN5. The fraction of sp³-hybridized carbons (Fsp3) is 0.625. The molecule has 1 unspecified atom stereocenters. The minimum atomic E-state index is 0. The number of nitrogens with two attached hydrogens (primary N) is 1. The van der Waals surface area contributed by atoms with Crippen LogP contribution in [0.15, 0.2) is 29.4 Å². The smallest absolute Gasteiger partial charge is 0.188 e. The second kappa shape index (κ2) is 10.8. The number of halogens is 1. The molecule has 22 heavy (non-hydrogen) atoms. The van der Waals surface area contributed by atoms with Crippen molar-refractivity contribution in [3.05, 3.63) is 30.1 Å². The maximum Gasteiger partial charge on any atom is 0.188 e. The van der Waals surface area contributed by atoms with Crippen molar-refractivity contribution in [1.29, 1.82) is 0 Å². The van der Waals surface area contributed by atoms with Crippen molar-refractivity contribution >= 4 is 29.9 Å². The lowest BCUT2D eigenvalue weighted by molar-refractivity contribution is 0.166. The van der Waals surface area contributed by atoms with Gasteiger partial charge in [-0.25, -0.2) is 0 Å². The maximum absolute atomic E-state index is 5.89. The molecule has 1 aliphatic heterocycles. The molecule has 0 bridgehead atoms. The number of rotatable bonds is 6. The van der Waals surface area contributed by atoms with Crippen LogP contribution in [0.4, 0.5) is 0 Å². The van der Waals surface area contributed by atoms with Gasteiger partial charge in [0.25, 0.3) is 0 Å². The van der Waals surface area contributed by atoms with Crippen molar-refractivity contribution in [3.63, 3.8) is 0 Å². The number of hydrogen-bond donors (Lipinski definition) is 2. The molecule has 6 heteroatoms. The molecule has 0 aliphatic carbocycles. The molecule has 2 heterocycles. The van der Waals surface area contributed by atoms with E-state index in [-0.39, 0.29) is 24.0 Å². The largest absolute Gasteiger partial charge is 0.370 e. The number of likely N-dealkylation sites (tertiary alicyclic amines) is 1. The molecule has 1 aliphatic rings. The Morgan fingerprint density at radius 1 is 1.45 bits per heavy atom. The highest BCUT2D eigenvalue weighted by molar-refractivity contribution is 14.0. The summed E-state index contributed by atoms with van der Waals surface area (Å²) in [5.41, 5.74) is 6.96. The summed E-state index contributed by atoms with van der Waals surface area (Å²) in [4.78, 5) is 11.2. The maximum atomic E-state index is 5.89. The zero-order valence-electron chi connectivity index (χ0n) is 13.4. The zero-order chi connectivity index (χ0) is 14.9. The SMILES string of the molecule is CC1CCCCN1CCN=C(N)NCCc1ccccn1.I. The highest BCUT2D eigenvalue weighted by Gasteiger charge is 2.16. The van der Waals surface area contributed by atoms with Gasteiger partial charge in [0.05, 0.1) is 6.54 Å². The molecule has 0 saturated carbocycles. The molecule has 0 amide bonds. The monoisotopic (exact) mass is 417 g/mol. The van der Waals surface area contributed by atoms with Crippen molar-refractivity contribution in [2.75, 3.05) is 26.2 Å². The van der Waals surface area contributed by atoms with Gasteiger partial charge in [-0.05, 0) is 38.4 Å². The van der Waals surface area contributed by atoms with Gasteiger partial charge in [0.15, 0.2) is 5.96 Å². The van der Waals surface area contributed by atoms with E-state index in [2.05, 4.69) is 27.1 Å². The molecule has 1 fully saturated rings. The number of piperidine rings is 1. The summed E-state index contributed by atoms with van der Waals surface area (Å²) in [5, 5.41) is 3.15. The molecule has 5 nitrogen and oxygen atoms in total. The molecule has 1 saturated heterocycles. The number of nitrogens with one attached hydrogen (secondary N) is 1. The molecule has 1 atom stereocenters. The lowest BCUT2D eigenvalue weighted by atomic mass is 10.0. The summed E-state index contributed by atoms with van der Waals surface area (Å²) >= 11 is 0. The Labute approximate surface area is 150 Å². The number of guanidine groups is 1. The van der Waals surface area contributed by atoms with Crippen molar-refractivity contribution < 1.29 is 0 Å². The number of hydrogen-bond acceptors (Lipinski definition) is 3. The predicted octanol–water partition coefficient (Wildman–Crippen LogP) is 2.02. The van der Waals surface area contributed by atoms with Crippen LogP contribution in [0.2, 0.25) is 0 Å². The first-order valence-electron chi connectivity index (χ1n) is 7.93. The van der Waals surface area contributed by atoms with E-state index in [9.17, 15) is 0 Å². The van der Waals surface area contributed by atoms with E-state index in [4.69, 9.17) is 5.73 Å². The second-order valence-electron chi connectivity index (χ2n) is 5.65. The van der Waals surface area contributed by atoms with Crippen LogP contribution < -0.4 is 11.1 Å². The van der Waals surface area contributed by atoms with E-state index in [1.165, 1.54) is 25.8 Å². The van der Waals surface area contributed by atoms with E-state index < -0.39 is 0 Å². The molecular weight excluding hydrogens is 389 g/mol. The number of aromatic nitrogens is 1. The summed E-state index contributed by atoms with van der Waals surface area (Å²) in [6.07, 6.45) is 6.65. The average Bonchev–Trinajstić information content (AvgIpc) is 2.50. The predicted molar refractivity (Wildman–Crippen MR) is 103 cm³/mol. The molecule has 2 rings (SSSR count). The van der Waals surface area contributed by atoms with Crippen molar-refractivity contribution in [2.24, 2.45) is 10.7 Å². The van der Waals surface area contributed by atoms with Gasteiger partial charge in [0, 0.05) is 37.4 Å². The number of nitrogens with zero attached hydrogens (tertiary/aromatic N) is 3. The van der Waals surface area contributed by atoms with Gasteiger partial charge < -0.3 is 11.1 Å². The van der Waals surface area contributed by atoms with Crippen LogP contribution in [-0.4, -0.2) is 48.1 Å². The minimum Gasteiger partial charge on any atom is -0.370 e. The Morgan fingerprint density at radius 3 is 3.05 bits per heavy atom. The van der Waals surface area contributed by atoms with E-state index in [1.807, 2.05) is 24.4 Å². The second-order valence-corrected chi connectivity index (χ2v) is 5.65. The molecule has 124 valence electrons. The molecule has 0 aromatic carbocycles. The summed E-state index contributed by atoms with van der Waals surface area (Å²) in [7, 11) is 0. The topological polar surface area (TPSA) is 66.5 Å². The van der Waals surface area contributed by atoms with Crippen LogP contribution in [-0.2, 0) is 6.42 Å². The van der Waals surface area contributed by atoms with Gasteiger partial charge in [-0.2, -0.15) is 0 Å². The Kier molecular flexibility index (Phi) is 9.38. The normalized spacial score (nSPS) is 19.5. The number of aliphatic imine (C=N–C) groups is 1. The van der Waals surface area contributed by atoms with Crippen LogP contribution >= 0.6 is 24.0 Å². The summed E-state index contributed by atoms with van der Waals surface area (Å²) in [5.74, 6) is 0.538. The van der Waals surface area contributed by atoms with Crippen molar-refractivity contribution in [2.45, 2.75) is 38.6 Å². The third-order valence-electron chi connectivity index (χ3n) is 4.02. The third kappa shape index (κ3) is 6.91. The lowest BCUT2D eigenvalue weighted by Gasteiger charge is -2.32. The Balaban J connectivity index is 0.00000242. The molecule has 0 spiro atoms. The minimum absolute atomic E-state index is 0. The third-order valence-corrected chi connectivity index (χ3v) is 4.02. The van der Waals surface area contributed by atoms with Gasteiger partial charge >= 0.3 is 0 Å². The van der Waals surface area contributed by atoms with Crippen molar-refractivity contribution in [3.8, 4) is 0 Å². The van der Waals surface area contributed by atoms with Crippen LogP contribution in [0.3, 0.4) is 0 Å². The molecule has 3 N–H and O–H groups in total. The number of pyridine rings is 1. The molecule has 0 radical (unpaired) electrons. The van der Waals surface area contributed by atoms with Crippen LogP contribution in [0.5, 0.6) is 0 Å². The van der Waals surface area contributed by atoms with Gasteiger partial charge in [-0.1, -0.05) is 12.5 Å². The fourth-order valence-corrected chi connectivity index (χ4v) is 2.71. The quantitative estimate of drug-likeness (QED) is 0.422. The molecule has 1 aromatic heterocycles. The van der Waals surface area contributed by atoms with Gasteiger partial charge in [-0.15, -0.1) is 24.0 Å². The summed E-state index contributed by atoms with van der Waals surface area (Å²) < 4.78 is 0. The first-order chi connectivity index (χ1) is 10.3. The Hall–Kier alpha value is -0.890. The molecule has 1 aromatic rings. The van der Waals surface area contributed by atoms with E-state index in [0.717, 1.165) is 31.7 Å². The summed E-state index contributed by atoms with van der Waals surface area (Å²) in [6, 6.07) is 6.63. The zero-order valence-corrected chi connectivity index (χ0v) is 15.7. The van der Waals surface area contributed by atoms with E-state index >= 15 is 0 Å². The Morgan fingerprint density at radius 2 is 2.32 bits per heavy atom. The highest BCUT2D eigenvalue weighted by Crippen LogP contribution is 2.15. The van der Waals surface area contributed by atoms with Crippen LogP contribution in [0, 0.1) is 0 Å². The summed E-state index contributed by atoms with van der Waals surface area (Å²) in [6.45, 7) is 6.05. The van der Waals surface area contributed by atoms with E-state index in [1.54, 1.807) is 0 Å². The van der Waals surface area contributed by atoms with Gasteiger partial charge in [0.1, 0.15) is 0 Å². The van der Waals surface area contributed by atoms with Gasteiger partial charge in [-0.3, -0.25) is 14.9 Å². The first kappa shape index (κ1) is 19.2. The van der Waals surface area contributed by atoms with Crippen molar-refractivity contribution in [1.82, 2.24) is 15.2 Å². The standard InChI is InChI=1S/C16H27N5.HI/c1-14-6-3-5-12-21(14)13-11-20-16(17)19-10-8-15-7-2-4-9-18-15;/h2,4,7,9,14H,3,5-6,8,10-13H2,1H3,(H3,17,19,20);1H. The van der Waals surface area contributed by atoms with E-state index in [0.29, 0.717) is 12.0 Å². The Bertz CT molecular complexity index is 437. The lowest BCUT2D eigenvalue weighted by Crippen LogP contribution is -2.40.